The van der Waals surface area contributed by atoms with Crippen LogP contribution < -0.4 is 0 Å². The first kappa shape index (κ1) is 12.1. The molecule has 0 unspecified atom stereocenters. The number of aliphatic carboxylic acids is 1. The van der Waals surface area contributed by atoms with Gasteiger partial charge in [0.15, 0.2) is 0 Å². The van der Waals surface area contributed by atoms with Crippen LogP contribution in [-0.4, -0.2) is 45.4 Å². The first-order valence-electron chi connectivity index (χ1n) is 4.84. The highest BCUT2D eigenvalue weighted by Crippen LogP contribution is 2.00. The average Bonchev–Trinajstić information content (AvgIpc) is 2.28. The van der Waals surface area contributed by atoms with Crippen molar-refractivity contribution in [1.29, 1.82) is 0 Å². The smallest absolute Gasteiger partial charge is 0.303 e. The van der Waals surface area contributed by atoms with Crippen LogP contribution in [0.25, 0.3) is 0 Å². The van der Waals surface area contributed by atoms with E-state index in [0.717, 1.165) is 0 Å². The lowest BCUT2D eigenvalue weighted by Gasteiger charge is -2.15. The van der Waals surface area contributed by atoms with Gasteiger partial charge in [-0.15, -0.1) is 0 Å². The van der Waals surface area contributed by atoms with Crippen molar-refractivity contribution in [3.05, 3.63) is 24.3 Å². The second-order valence-electron chi connectivity index (χ2n) is 3.31. The zero-order valence-electron chi connectivity index (χ0n) is 8.96. The number of aromatic nitrogens is 2. The molecule has 16 heavy (non-hydrogen) atoms. The van der Waals surface area contributed by atoms with Crippen LogP contribution in [0.3, 0.4) is 0 Å². The van der Waals surface area contributed by atoms with Crippen LogP contribution in [0, 0.1) is 0 Å². The molecule has 0 aromatic carbocycles. The number of carboxylic acids is 1. The summed E-state index contributed by atoms with van der Waals surface area (Å²) < 4.78 is 0. The maximum absolute atomic E-state index is 11.7. The van der Waals surface area contributed by atoms with Crippen LogP contribution in [0.1, 0.15) is 23.3 Å². The highest BCUT2D eigenvalue weighted by atomic mass is 16.4. The monoisotopic (exact) mass is 223 g/mol. The Hall–Kier alpha value is -1.98. The molecular formula is C10H13N3O3. The molecule has 0 aliphatic rings. The highest BCUT2D eigenvalue weighted by Gasteiger charge is 2.12. The topological polar surface area (TPSA) is 83.4 Å². The molecule has 6 heteroatoms. The molecule has 0 aliphatic heterocycles. The van der Waals surface area contributed by atoms with Crippen molar-refractivity contribution in [2.24, 2.45) is 0 Å². The largest absolute Gasteiger partial charge is 0.481 e. The van der Waals surface area contributed by atoms with Gasteiger partial charge in [0.2, 0.25) is 0 Å². The molecule has 1 rings (SSSR count). The van der Waals surface area contributed by atoms with Gasteiger partial charge in [-0.1, -0.05) is 0 Å². The Bertz CT molecular complexity index is 367. The van der Waals surface area contributed by atoms with Gasteiger partial charge in [0.25, 0.3) is 5.91 Å². The standard InChI is InChI=1S/C10H13N3O3/c1-13(6-2-3-9(14)15)10(16)8-7-11-4-5-12-8/h4-5,7H,2-3,6H2,1H3,(H,14,15). The van der Waals surface area contributed by atoms with E-state index in [9.17, 15) is 9.59 Å². The Morgan fingerprint density at radius 3 is 2.75 bits per heavy atom. The summed E-state index contributed by atoms with van der Waals surface area (Å²) in [7, 11) is 1.61. The third-order valence-electron chi connectivity index (χ3n) is 2.01. The zero-order valence-corrected chi connectivity index (χ0v) is 8.96. The molecule has 0 spiro atoms. The molecular weight excluding hydrogens is 210 g/mol. The van der Waals surface area contributed by atoms with E-state index in [2.05, 4.69) is 9.97 Å². The summed E-state index contributed by atoms with van der Waals surface area (Å²) >= 11 is 0. The number of carboxylic acid groups (broad SMARTS) is 1. The van der Waals surface area contributed by atoms with E-state index < -0.39 is 5.97 Å². The first-order valence-corrected chi connectivity index (χ1v) is 4.84. The van der Waals surface area contributed by atoms with Gasteiger partial charge in [0.05, 0.1) is 6.20 Å². The summed E-state index contributed by atoms with van der Waals surface area (Å²) in [4.78, 5) is 31.1. The second-order valence-corrected chi connectivity index (χ2v) is 3.31. The molecule has 0 saturated heterocycles. The lowest BCUT2D eigenvalue weighted by atomic mass is 10.3. The summed E-state index contributed by atoms with van der Waals surface area (Å²) in [6.45, 7) is 0.391. The van der Waals surface area contributed by atoms with Crippen molar-refractivity contribution >= 4 is 11.9 Å². The van der Waals surface area contributed by atoms with Gasteiger partial charge in [0.1, 0.15) is 5.69 Å². The van der Waals surface area contributed by atoms with Gasteiger partial charge < -0.3 is 10.0 Å². The number of hydrogen-bond acceptors (Lipinski definition) is 4. The molecule has 1 aromatic rings. The summed E-state index contributed by atoms with van der Waals surface area (Å²) in [5.74, 6) is -1.11. The molecule has 0 fully saturated rings. The molecule has 0 radical (unpaired) electrons. The second kappa shape index (κ2) is 5.79. The molecule has 1 amide bonds. The lowest BCUT2D eigenvalue weighted by molar-refractivity contribution is -0.137. The van der Waals surface area contributed by atoms with Gasteiger partial charge >= 0.3 is 5.97 Å². The molecule has 0 aliphatic carbocycles. The first-order chi connectivity index (χ1) is 7.61. The predicted molar refractivity (Wildman–Crippen MR) is 55.9 cm³/mol. The fourth-order valence-electron chi connectivity index (χ4n) is 1.17. The molecule has 6 nitrogen and oxygen atoms in total. The minimum absolute atomic E-state index is 0.0537. The molecule has 86 valence electrons. The molecule has 0 atom stereocenters. The Balaban J connectivity index is 2.45. The number of carbonyl (C=O) groups excluding carboxylic acids is 1. The van der Waals surface area contributed by atoms with E-state index in [0.29, 0.717) is 13.0 Å². The van der Waals surface area contributed by atoms with E-state index in [-0.39, 0.29) is 18.0 Å². The van der Waals surface area contributed by atoms with Crippen LogP contribution >= 0.6 is 0 Å². The summed E-state index contributed by atoms with van der Waals surface area (Å²) in [6.07, 6.45) is 4.80. The van der Waals surface area contributed by atoms with Crippen LogP contribution in [0.4, 0.5) is 0 Å². The molecule has 0 saturated carbocycles. The molecule has 1 aromatic heterocycles. The van der Waals surface area contributed by atoms with Crippen molar-refractivity contribution in [2.75, 3.05) is 13.6 Å². The van der Waals surface area contributed by atoms with Gasteiger partial charge in [-0.05, 0) is 6.42 Å². The van der Waals surface area contributed by atoms with Crippen molar-refractivity contribution in [1.82, 2.24) is 14.9 Å². The van der Waals surface area contributed by atoms with Crippen molar-refractivity contribution < 1.29 is 14.7 Å². The summed E-state index contributed by atoms with van der Waals surface area (Å²) in [6, 6.07) is 0. The number of amides is 1. The molecule has 1 N–H and O–H groups in total. The van der Waals surface area contributed by atoms with Crippen molar-refractivity contribution in [3.63, 3.8) is 0 Å². The van der Waals surface area contributed by atoms with E-state index in [1.165, 1.54) is 23.5 Å². The fourth-order valence-corrected chi connectivity index (χ4v) is 1.17. The van der Waals surface area contributed by atoms with Gasteiger partial charge in [0, 0.05) is 32.4 Å². The minimum Gasteiger partial charge on any atom is -0.481 e. The lowest BCUT2D eigenvalue weighted by Crippen LogP contribution is -2.28. The number of hydrogen-bond donors (Lipinski definition) is 1. The van der Waals surface area contributed by atoms with Crippen LogP contribution in [0.2, 0.25) is 0 Å². The molecule has 1 heterocycles. The fraction of sp³-hybridized carbons (Fsp3) is 0.400. The number of nitrogens with zero attached hydrogens (tertiary/aromatic N) is 3. The van der Waals surface area contributed by atoms with Crippen molar-refractivity contribution in [2.45, 2.75) is 12.8 Å². The summed E-state index contributed by atoms with van der Waals surface area (Å²) in [5, 5.41) is 8.46. The number of rotatable bonds is 5. The quantitative estimate of drug-likeness (QED) is 0.781. The van der Waals surface area contributed by atoms with Crippen LogP contribution in [0.15, 0.2) is 18.6 Å². The Morgan fingerprint density at radius 2 is 2.19 bits per heavy atom. The van der Waals surface area contributed by atoms with Crippen LogP contribution in [0.5, 0.6) is 0 Å². The normalized spacial score (nSPS) is 9.81. The minimum atomic E-state index is -0.861. The zero-order chi connectivity index (χ0) is 12.0. The summed E-state index contributed by atoms with van der Waals surface area (Å²) in [5.41, 5.74) is 0.264. The maximum Gasteiger partial charge on any atom is 0.303 e. The maximum atomic E-state index is 11.7. The van der Waals surface area contributed by atoms with Crippen molar-refractivity contribution in [3.8, 4) is 0 Å². The van der Waals surface area contributed by atoms with E-state index in [1.807, 2.05) is 0 Å². The molecule has 0 bridgehead atoms. The SMILES string of the molecule is CN(CCCC(=O)O)C(=O)c1cnccn1. The average molecular weight is 223 g/mol. The Kier molecular flexibility index (Phi) is 4.38. The highest BCUT2D eigenvalue weighted by molar-refractivity contribution is 5.91. The Labute approximate surface area is 92.9 Å². The van der Waals surface area contributed by atoms with E-state index in [1.54, 1.807) is 7.05 Å². The van der Waals surface area contributed by atoms with E-state index in [4.69, 9.17) is 5.11 Å². The van der Waals surface area contributed by atoms with Gasteiger partial charge in [-0.2, -0.15) is 0 Å². The predicted octanol–water partition coefficient (Wildman–Crippen LogP) is 0.413. The van der Waals surface area contributed by atoms with Crippen LogP contribution in [-0.2, 0) is 4.79 Å². The van der Waals surface area contributed by atoms with E-state index >= 15 is 0 Å². The third-order valence-corrected chi connectivity index (χ3v) is 2.01. The Morgan fingerprint density at radius 1 is 1.44 bits per heavy atom. The third kappa shape index (κ3) is 3.64. The number of carbonyl (C=O) groups is 2. The van der Waals surface area contributed by atoms with Gasteiger partial charge in [-0.25, -0.2) is 4.98 Å². The van der Waals surface area contributed by atoms with Gasteiger partial charge in [-0.3, -0.25) is 14.6 Å².